The van der Waals surface area contributed by atoms with Gasteiger partial charge in [0, 0.05) is 41.0 Å². The van der Waals surface area contributed by atoms with E-state index in [1.807, 2.05) is 6.20 Å². The predicted octanol–water partition coefficient (Wildman–Crippen LogP) is 4.63. The van der Waals surface area contributed by atoms with Crippen molar-refractivity contribution in [3.05, 3.63) is 36.7 Å². The number of hydrogen-bond donors (Lipinski definition) is 2. The zero-order chi connectivity index (χ0) is 22.7. The quantitative estimate of drug-likeness (QED) is 0.464. The van der Waals surface area contributed by atoms with Crippen molar-refractivity contribution in [1.29, 1.82) is 0 Å². The lowest BCUT2D eigenvalue weighted by Crippen LogP contribution is -2.45. The fraction of sp³-hybridized carbons (Fsp3) is 0.480. The molecule has 0 amide bonds. The minimum atomic E-state index is -0.645. The molecule has 3 saturated carbocycles. The number of aromatic nitrogens is 6. The van der Waals surface area contributed by atoms with E-state index in [-0.39, 0.29) is 17.9 Å². The molecule has 7 rings (SSSR count). The largest absolute Gasteiger partial charge is 0.481 e. The number of nitrogens with zero attached hydrogens (tertiary/aromatic N) is 5. The second kappa shape index (κ2) is 7.64. The van der Waals surface area contributed by atoms with Crippen LogP contribution in [0.3, 0.4) is 0 Å². The number of carboxylic acid groups (broad SMARTS) is 1. The predicted molar refractivity (Wildman–Crippen MR) is 125 cm³/mol. The number of aliphatic carboxylic acids is 1. The van der Waals surface area contributed by atoms with Crippen molar-refractivity contribution in [2.75, 3.05) is 0 Å². The van der Waals surface area contributed by atoms with Gasteiger partial charge in [-0.1, -0.05) is 0 Å². The molecule has 2 unspecified atom stereocenters. The lowest BCUT2D eigenvalue weighted by molar-refractivity contribution is -0.152. The molecule has 8 nitrogen and oxygen atoms in total. The van der Waals surface area contributed by atoms with Gasteiger partial charge >= 0.3 is 5.97 Å². The highest BCUT2D eigenvalue weighted by atomic mass is 16.4. The zero-order valence-corrected chi connectivity index (χ0v) is 18.9. The van der Waals surface area contributed by atoms with Crippen LogP contribution in [0.25, 0.3) is 33.5 Å². The van der Waals surface area contributed by atoms with Gasteiger partial charge in [-0.3, -0.25) is 4.79 Å². The third-order valence-electron chi connectivity index (χ3n) is 7.91. The standard InChI is InChI=1S/C25H28N6O2/c1-13(2)31-8-7-16-20(9-17-14-3-5-15(6-4-14)21(17)25(32)33)29-23(30-24(16)31)19-11-27-22-18(19)10-26-12-28-22/h7-8,10-15,17,21H,3-6,9H2,1-2H3,(H,32,33)(H,26,27,28). The van der Waals surface area contributed by atoms with Crippen LogP contribution in [0.15, 0.2) is 31.0 Å². The molecular weight excluding hydrogens is 416 g/mol. The van der Waals surface area contributed by atoms with Crippen LogP contribution in [0.1, 0.15) is 51.3 Å². The number of nitrogens with one attached hydrogen (secondary N) is 1. The highest BCUT2D eigenvalue weighted by molar-refractivity contribution is 5.92. The number of carboxylic acids is 1. The van der Waals surface area contributed by atoms with Gasteiger partial charge in [-0.25, -0.2) is 19.9 Å². The first-order chi connectivity index (χ1) is 16.0. The van der Waals surface area contributed by atoms with Gasteiger partial charge in [-0.05, 0) is 69.8 Å². The summed E-state index contributed by atoms with van der Waals surface area (Å²) in [5.74, 6) is 0.577. The summed E-state index contributed by atoms with van der Waals surface area (Å²) in [6, 6.07) is 2.34. The fourth-order valence-electron chi connectivity index (χ4n) is 6.31. The summed E-state index contributed by atoms with van der Waals surface area (Å²) in [6.45, 7) is 4.28. The highest BCUT2D eigenvalue weighted by Gasteiger charge is 2.47. The van der Waals surface area contributed by atoms with E-state index in [4.69, 9.17) is 9.97 Å². The molecule has 33 heavy (non-hydrogen) atoms. The molecule has 4 aromatic rings. The first kappa shape index (κ1) is 20.3. The van der Waals surface area contributed by atoms with Gasteiger partial charge in [0.05, 0.1) is 11.6 Å². The lowest BCUT2D eigenvalue weighted by atomic mass is 9.57. The first-order valence-corrected chi connectivity index (χ1v) is 11.9. The number of fused-ring (bicyclic) bond motifs is 5. The maximum absolute atomic E-state index is 12.2. The Kier molecular flexibility index (Phi) is 4.71. The van der Waals surface area contributed by atoms with Crippen LogP contribution in [-0.4, -0.2) is 40.6 Å². The van der Waals surface area contributed by atoms with E-state index in [1.165, 1.54) is 6.33 Å². The Balaban J connectivity index is 1.50. The number of H-pyrrole nitrogens is 1. The van der Waals surface area contributed by atoms with Crippen LogP contribution in [0.5, 0.6) is 0 Å². The van der Waals surface area contributed by atoms with E-state index >= 15 is 0 Å². The molecule has 2 bridgehead atoms. The Labute approximate surface area is 191 Å². The monoisotopic (exact) mass is 444 g/mol. The van der Waals surface area contributed by atoms with Gasteiger partial charge in [0.25, 0.3) is 0 Å². The number of rotatable bonds is 5. The van der Waals surface area contributed by atoms with Crippen molar-refractivity contribution in [1.82, 2.24) is 29.5 Å². The molecular formula is C25H28N6O2. The number of carbonyl (C=O) groups is 1. The Bertz CT molecular complexity index is 1350. The van der Waals surface area contributed by atoms with Crippen molar-refractivity contribution in [2.24, 2.45) is 23.7 Å². The SMILES string of the molecule is CC(C)n1ccc2c(CC3C4CCC(CC4)C3C(=O)O)nc(-c3c[nH]c4ncncc34)nc21. The van der Waals surface area contributed by atoms with Crippen LogP contribution >= 0.6 is 0 Å². The summed E-state index contributed by atoms with van der Waals surface area (Å²) in [5.41, 5.74) is 3.46. The molecule has 0 aliphatic heterocycles. The van der Waals surface area contributed by atoms with Gasteiger partial charge in [0.15, 0.2) is 5.82 Å². The van der Waals surface area contributed by atoms with E-state index in [2.05, 4.69) is 45.6 Å². The molecule has 0 aromatic carbocycles. The van der Waals surface area contributed by atoms with Crippen molar-refractivity contribution in [2.45, 2.75) is 52.0 Å². The Morgan fingerprint density at radius 2 is 1.97 bits per heavy atom. The van der Waals surface area contributed by atoms with E-state index in [9.17, 15) is 9.90 Å². The van der Waals surface area contributed by atoms with Gasteiger partial charge in [0.1, 0.15) is 17.6 Å². The topological polar surface area (TPSA) is 110 Å². The summed E-state index contributed by atoms with van der Waals surface area (Å²) in [5, 5.41) is 12.0. The smallest absolute Gasteiger partial charge is 0.307 e. The molecule has 3 aliphatic carbocycles. The normalized spacial score (nSPS) is 24.8. The van der Waals surface area contributed by atoms with Gasteiger partial charge in [-0.15, -0.1) is 0 Å². The summed E-state index contributed by atoms with van der Waals surface area (Å²) in [4.78, 5) is 33.9. The minimum Gasteiger partial charge on any atom is -0.481 e. The van der Waals surface area contributed by atoms with Crippen LogP contribution in [0, 0.1) is 23.7 Å². The van der Waals surface area contributed by atoms with Crippen LogP contribution in [0.2, 0.25) is 0 Å². The maximum Gasteiger partial charge on any atom is 0.307 e. The minimum absolute atomic E-state index is 0.120. The molecule has 8 heteroatoms. The van der Waals surface area contributed by atoms with Crippen molar-refractivity contribution in [3.8, 4) is 11.4 Å². The lowest BCUT2D eigenvalue weighted by Gasteiger charge is -2.46. The number of aromatic amines is 1. The summed E-state index contributed by atoms with van der Waals surface area (Å²) < 4.78 is 2.16. The van der Waals surface area contributed by atoms with Gasteiger partial charge < -0.3 is 14.7 Å². The molecule has 0 saturated heterocycles. The second-order valence-corrected chi connectivity index (χ2v) is 9.94. The average molecular weight is 445 g/mol. The highest BCUT2D eigenvalue weighted by Crippen LogP contribution is 2.50. The fourth-order valence-corrected chi connectivity index (χ4v) is 6.31. The Morgan fingerprint density at radius 3 is 2.73 bits per heavy atom. The molecule has 2 atom stereocenters. The number of hydrogen-bond acceptors (Lipinski definition) is 5. The van der Waals surface area contributed by atoms with Crippen molar-refractivity contribution in [3.63, 3.8) is 0 Å². The van der Waals surface area contributed by atoms with Crippen LogP contribution < -0.4 is 0 Å². The average Bonchev–Trinajstić information content (AvgIpc) is 3.44. The summed E-state index contributed by atoms with van der Waals surface area (Å²) >= 11 is 0. The Hall–Kier alpha value is -3.29. The summed E-state index contributed by atoms with van der Waals surface area (Å²) in [6.07, 6.45) is 12.3. The van der Waals surface area contributed by atoms with E-state index in [1.54, 1.807) is 6.20 Å². The Morgan fingerprint density at radius 1 is 1.18 bits per heavy atom. The van der Waals surface area contributed by atoms with E-state index in [0.29, 0.717) is 24.1 Å². The van der Waals surface area contributed by atoms with Crippen LogP contribution in [-0.2, 0) is 11.2 Å². The molecule has 170 valence electrons. The molecule has 3 aliphatic rings. The molecule has 4 aromatic heterocycles. The third kappa shape index (κ3) is 3.22. The van der Waals surface area contributed by atoms with Gasteiger partial charge in [-0.2, -0.15) is 0 Å². The van der Waals surface area contributed by atoms with Gasteiger partial charge in [0.2, 0.25) is 0 Å². The molecule has 0 spiro atoms. The summed E-state index contributed by atoms with van der Waals surface area (Å²) in [7, 11) is 0. The third-order valence-corrected chi connectivity index (χ3v) is 7.91. The van der Waals surface area contributed by atoms with Crippen molar-refractivity contribution >= 4 is 28.0 Å². The first-order valence-electron chi connectivity index (χ1n) is 11.9. The zero-order valence-electron chi connectivity index (χ0n) is 18.9. The maximum atomic E-state index is 12.2. The molecule has 4 heterocycles. The molecule has 3 fully saturated rings. The second-order valence-electron chi connectivity index (χ2n) is 9.94. The van der Waals surface area contributed by atoms with Crippen LogP contribution in [0.4, 0.5) is 0 Å². The van der Waals surface area contributed by atoms with Crippen molar-refractivity contribution < 1.29 is 9.90 Å². The molecule has 0 radical (unpaired) electrons. The van der Waals surface area contributed by atoms with E-state index in [0.717, 1.165) is 59.0 Å². The van der Waals surface area contributed by atoms with E-state index < -0.39 is 5.97 Å². The molecule has 2 N–H and O–H groups in total.